The Morgan fingerprint density at radius 1 is 1.33 bits per heavy atom. The number of rotatable bonds is 3. The second-order valence-electron chi connectivity index (χ2n) is 5.68. The van der Waals surface area contributed by atoms with Crippen LogP contribution in [0.5, 0.6) is 0 Å². The summed E-state index contributed by atoms with van der Waals surface area (Å²) in [6.07, 6.45) is 7.32. The van der Waals surface area contributed by atoms with Crippen LogP contribution in [0.3, 0.4) is 0 Å². The van der Waals surface area contributed by atoms with Gasteiger partial charge in [-0.05, 0) is 56.8 Å². The molecule has 94 valence electrons. The maximum atomic E-state index is 9.46. The van der Waals surface area contributed by atoms with Gasteiger partial charge in [-0.2, -0.15) is 5.26 Å². The van der Waals surface area contributed by atoms with Crippen LogP contribution in [0.15, 0.2) is 18.3 Å². The van der Waals surface area contributed by atoms with Crippen molar-refractivity contribution in [1.29, 1.82) is 5.26 Å². The lowest BCUT2D eigenvalue weighted by Crippen LogP contribution is -2.37. The number of piperidine rings is 1. The van der Waals surface area contributed by atoms with E-state index in [1.54, 1.807) is 0 Å². The third-order valence-electron chi connectivity index (χ3n) is 4.18. The van der Waals surface area contributed by atoms with Gasteiger partial charge in [-0.15, -0.1) is 0 Å². The van der Waals surface area contributed by atoms with E-state index in [9.17, 15) is 5.26 Å². The minimum absolute atomic E-state index is 0.173. The van der Waals surface area contributed by atoms with E-state index in [2.05, 4.69) is 28.5 Å². The normalized spacial score (nSPS) is 22.4. The van der Waals surface area contributed by atoms with Crippen molar-refractivity contribution in [2.45, 2.75) is 38.0 Å². The Labute approximate surface area is 108 Å². The molecule has 1 aromatic rings. The highest BCUT2D eigenvalue weighted by atomic mass is 14.9. The van der Waals surface area contributed by atoms with Gasteiger partial charge in [0.05, 0.1) is 11.5 Å². The lowest BCUT2D eigenvalue weighted by Gasteiger charge is -2.31. The average Bonchev–Trinajstić information content (AvgIpc) is 3.25. The molecule has 2 fully saturated rings. The number of pyridine rings is 1. The number of hydrogen-bond acceptors (Lipinski definition) is 3. The molecular formula is C15H19N3. The zero-order chi connectivity index (χ0) is 12.4. The number of nitrogens with one attached hydrogen (secondary N) is 1. The van der Waals surface area contributed by atoms with Gasteiger partial charge < -0.3 is 5.32 Å². The van der Waals surface area contributed by atoms with Crippen molar-refractivity contribution in [2.24, 2.45) is 5.41 Å². The first-order valence-electron chi connectivity index (χ1n) is 6.88. The van der Waals surface area contributed by atoms with Gasteiger partial charge in [-0.1, -0.05) is 6.07 Å². The van der Waals surface area contributed by atoms with Gasteiger partial charge in [0.1, 0.15) is 0 Å². The van der Waals surface area contributed by atoms with Crippen LogP contribution in [-0.2, 0) is 6.42 Å². The standard InChI is InChI=1S/C15H19N3/c16-11-15(5-7-17-8-6-15)9-12-1-4-14(18-10-12)13-2-3-13/h1,4,10,13,17H,2-3,5-9H2. The van der Waals surface area contributed by atoms with Crippen LogP contribution in [0.1, 0.15) is 42.9 Å². The summed E-state index contributed by atoms with van der Waals surface area (Å²) in [5.41, 5.74) is 2.27. The molecule has 0 amide bonds. The topological polar surface area (TPSA) is 48.7 Å². The molecular weight excluding hydrogens is 222 g/mol. The molecule has 1 N–H and O–H groups in total. The predicted molar refractivity (Wildman–Crippen MR) is 70.1 cm³/mol. The van der Waals surface area contributed by atoms with E-state index in [1.807, 2.05) is 6.20 Å². The fourth-order valence-electron chi connectivity index (χ4n) is 2.79. The third kappa shape index (κ3) is 2.39. The predicted octanol–water partition coefficient (Wildman–Crippen LogP) is 2.39. The summed E-state index contributed by atoms with van der Waals surface area (Å²) in [7, 11) is 0. The summed E-state index contributed by atoms with van der Waals surface area (Å²) in [6, 6.07) is 6.87. The van der Waals surface area contributed by atoms with Gasteiger partial charge in [-0.25, -0.2) is 0 Å². The highest BCUT2D eigenvalue weighted by molar-refractivity contribution is 5.22. The SMILES string of the molecule is N#CC1(Cc2ccc(C3CC3)nc2)CCNCC1. The number of nitrogens with zero attached hydrogens (tertiary/aromatic N) is 2. The van der Waals surface area contributed by atoms with Crippen LogP contribution < -0.4 is 5.32 Å². The summed E-state index contributed by atoms with van der Waals surface area (Å²) < 4.78 is 0. The molecule has 0 bridgehead atoms. The van der Waals surface area contributed by atoms with Crippen molar-refractivity contribution >= 4 is 0 Å². The Bertz CT molecular complexity index is 448. The monoisotopic (exact) mass is 241 g/mol. The van der Waals surface area contributed by atoms with Crippen LogP contribution in [0.4, 0.5) is 0 Å². The van der Waals surface area contributed by atoms with E-state index < -0.39 is 0 Å². The number of hydrogen-bond donors (Lipinski definition) is 1. The summed E-state index contributed by atoms with van der Waals surface area (Å²) in [4.78, 5) is 4.55. The maximum absolute atomic E-state index is 9.46. The molecule has 3 heteroatoms. The first-order valence-corrected chi connectivity index (χ1v) is 6.88. The van der Waals surface area contributed by atoms with Crippen molar-refractivity contribution in [2.75, 3.05) is 13.1 Å². The molecule has 2 aliphatic rings. The van der Waals surface area contributed by atoms with Crippen LogP contribution >= 0.6 is 0 Å². The van der Waals surface area contributed by atoms with Gasteiger partial charge in [0.2, 0.25) is 0 Å². The second-order valence-corrected chi connectivity index (χ2v) is 5.68. The third-order valence-corrected chi connectivity index (χ3v) is 4.18. The van der Waals surface area contributed by atoms with E-state index in [4.69, 9.17) is 0 Å². The summed E-state index contributed by atoms with van der Waals surface area (Å²) in [5, 5.41) is 12.8. The molecule has 1 saturated carbocycles. The molecule has 0 aromatic carbocycles. The number of nitriles is 1. The van der Waals surface area contributed by atoms with E-state index in [-0.39, 0.29) is 5.41 Å². The summed E-state index contributed by atoms with van der Waals surface area (Å²) in [6.45, 7) is 1.92. The van der Waals surface area contributed by atoms with Crippen molar-refractivity contribution in [1.82, 2.24) is 10.3 Å². The average molecular weight is 241 g/mol. The lowest BCUT2D eigenvalue weighted by atomic mass is 9.76. The minimum atomic E-state index is -0.173. The smallest absolute Gasteiger partial charge is 0.0694 e. The van der Waals surface area contributed by atoms with E-state index in [0.717, 1.165) is 32.4 Å². The number of aromatic nitrogens is 1. The Balaban J connectivity index is 1.72. The maximum Gasteiger partial charge on any atom is 0.0694 e. The highest BCUT2D eigenvalue weighted by Gasteiger charge is 2.32. The van der Waals surface area contributed by atoms with Crippen LogP contribution in [0, 0.1) is 16.7 Å². The lowest BCUT2D eigenvalue weighted by molar-refractivity contribution is 0.280. The van der Waals surface area contributed by atoms with Gasteiger partial charge in [0.15, 0.2) is 0 Å². The van der Waals surface area contributed by atoms with E-state index in [0.29, 0.717) is 5.92 Å². The van der Waals surface area contributed by atoms with Crippen molar-refractivity contribution in [3.63, 3.8) is 0 Å². The Kier molecular flexibility index (Phi) is 3.05. The first kappa shape index (κ1) is 11.7. The zero-order valence-corrected chi connectivity index (χ0v) is 10.7. The van der Waals surface area contributed by atoms with Gasteiger partial charge in [0, 0.05) is 17.8 Å². The Hall–Kier alpha value is -1.40. The summed E-state index contributed by atoms with van der Waals surface area (Å²) >= 11 is 0. The Morgan fingerprint density at radius 3 is 2.67 bits per heavy atom. The fraction of sp³-hybridized carbons (Fsp3) is 0.600. The molecule has 0 atom stereocenters. The first-order chi connectivity index (χ1) is 8.81. The summed E-state index contributed by atoms with van der Waals surface area (Å²) in [5.74, 6) is 0.711. The molecule has 1 saturated heterocycles. The Morgan fingerprint density at radius 2 is 2.11 bits per heavy atom. The van der Waals surface area contributed by atoms with Gasteiger partial charge in [-0.3, -0.25) is 4.98 Å². The molecule has 1 aliphatic heterocycles. The van der Waals surface area contributed by atoms with Gasteiger partial charge in [0.25, 0.3) is 0 Å². The van der Waals surface area contributed by atoms with Crippen molar-refractivity contribution in [3.05, 3.63) is 29.6 Å². The second kappa shape index (κ2) is 4.70. The van der Waals surface area contributed by atoms with Gasteiger partial charge >= 0.3 is 0 Å². The quantitative estimate of drug-likeness (QED) is 0.884. The van der Waals surface area contributed by atoms with Crippen molar-refractivity contribution < 1.29 is 0 Å². The van der Waals surface area contributed by atoms with E-state index in [1.165, 1.54) is 24.1 Å². The highest BCUT2D eigenvalue weighted by Crippen LogP contribution is 2.39. The van der Waals surface area contributed by atoms with E-state index >= 15 is 0 Å². The molecule has 0 radical (unpaired) electrons. The molecule has 2 heterocycles. The fourth-order valence-corrected chi connectivity index (χ4v) is 2.79. The molecule has 1 aromatic heterocycles. The zero-order valence-electron chi connectivity index (χ0n) is 10.7. The van der Waals surface area contributed by atoms with Crippen LogP contribution in [0.25, 0.3) is 0 Å². The largest absolute Gasteiger partial charge is 0.317 e. The molecule has 3 nitrogen and oxygen atoms in total. The molecule has 0 unspecified atom stereocenters. The minimum Gasteiger partial charge on any atom is -0.317 e. The molecule has 3 rings (SSSR count). The molecule has 1 aliphatic carbocycles. The molecule has 0 spiro atoms. The van der Waals surface area contributed by atoms with Crippen LogP contribution in [-0.4, -0.2) is 18.1 Å². The van der Waals surface area contributed by atoms with Crippen LogP contribution in [0.2, 0.25) is 0 Å². The van der Waals surface area contributed by atoms with Crippen molar-refractivity contribution in [3.8, 4) is 6.07 Å². The molecule has 18 heavy (non-hydrogen) atoms.